The van der Waals surface area contributed by atoms with Crippen LogP contribution in [0.25, 0.3) is 0 Å². The van der Waals surface area contributed by atoms with E-state index in [0.717, 1.165) is 23.8 Å². The van der Waals surface area contributed by atoms with Gasteiger partial charge in [-0.25, -0.2) is 16.8 Å². The fourth-order valence-electron chi connectivity index (χ4n) is 3.60. The molecule has 1 saturated heterocycles. The lowest BCUT2D eigenvalue weighted by molar-refractivity contribution is -0.120. The van der Waals surface area contributed by atoms with Crippen molar-refractivity contribution in [3.8, 4) is 0 Å². The van der Waals surface area contributed by atoms with Crippen molar-refractivity contribution < 1.29 is 21.6 Å². The van der Waals surface area contributed by atoms with Crippen LogP contribution in [0.4, 0.5) is 5.69 Å². The lowest BCUT2D eigenvalue weighted by Gasteiger charge is -2.32. The lowest BCUT2D eigenvalue weighted by atomic mass is 10.0. The number of rotatable bonds is 7. The zero-order chi connectivity index (χ0) is 22.0. The summed E-state index contributed by atoms with van der Waals surface area (Å²) in [5, 5.41) is 2.78. The molecule has 0 aliphatic carbocycles. The van der Waals surface area contributed by atoms with Gasteiger partial charge in [0, 0.05) is 25.3 Å². The van der Waals surface area contributed by atoms with Crippen LogP contribution < -0.4 is 5.32 Å². The molecule has 8 nitrogen and oxygen atoms in total. The van der Waals surface area contributed by atoms with E-state index in [2.05, 4.69) is 5.32 Å². The minimum absolute atomic E-state index is 0.114. The Morgan fingerprint density at radius 2 is 1.76 bits per heavy atom. The summed E-state index contributed by atoms with van der Waals surface area (Å²) in [5.74, 6) is -0.435. The number of piperidine rings is 1. The summed E-state index contributed by atoms with van der Waals surface area (Å²) in [4.78, 5) is 13.0. The van der Waals surface area contributed by atoms with E-state index in [1.54, 1.807) is 33.8 Å². The zero-order valence-electron chi connectivity index (χ0n) is 17.7. The third kappa shape index (κ3) is 5.17. The number of sulfonamides is 2. The van der Waals surface area contributed by atoms with Gasteiger partial charge in [0.2, 0.25) is 26.0 Å². The van der Waals surface area contributed by atoms with Crippen LogP contribution in [0.5, 0.6) is 0 Å². The molecule has 1 aliphatic heterocycles. The van der Waals surface area contributed by atoms with Crippen molar-refractivity contribution in [2.45, 2.75) is 57.9 Å². The molecular weight excluding hydrogens is 414 g/mol. The van der Waals surface area contributed by atoms with E-state index >= 15 is 0 Å². The van der Waals surface area contributed by atoms with Gasteiger partial charge in [0.15, 0.2) is 0 Å². The van der Waals surface area contributed by atoms with E-state index in [1.165, 1.54) is 14.7 Å². The Labute approximate surface area is 174 Å². The van der Waals surface area contributed by atoms with E-state index in [4.69, 9.17) is 0 Å². The van der Waals surface area contributed by atoms with Gasteiger partial charge in [-0.2, -0.15) is 8.61 Å². The fourth-order valence-corrected chi connectivity index (χ4v) is 6.29. The van der Waals surface area contributed by atoms with Crippen LogP contribution in [0.15, 0.2) is 17.0 Å². The SMILES string of the molecule is CCN(CC)S(=O)(=O)c1cc(C)c(C)c(NC(=O)C2CCCCN2S(C)(=O)=O)c1. The van der Waals surface area contributed by atoms with Gasteiger partial charge in [-0.1, -0.05) is 20.3 Å². The van der Waals surface area contributed by atoms with Crippen molar-refractivity contribution in [3.05, 3.63) is 23.3 Å². The Hall–Kier alpha value is -1.49. The molecule has 1 heterocycles. The molecular formula is C19H31N3O5S2. The van der Waals surface area contributed by atoms with E-state index in [-0.39, 0.29) is 4.90 Å². The number of nitrogens with zero attached hydrogens (tertiary/aromatic N) is 2. The fraction of sp³-hybridized carbons (Fsp3) is 0.632. The maximum absolute atomic E-state index is 12.9. The van der Waals surface area contributed by atoms with E-state index in [9.17, 15) is 21.6 Å². The second-order valence-corrected chi connectivity index (χ2v) is 11.2. The maximum atomic E-state index is 12.9. The quantitative estimate of drug-likeness (QED) is 0.692. The monoisotopic (exact) mass is 445 g/mol. The van der Waals surface area contributed by atoms with Crippen LogP contribution in [-0.2, 0) is 24.8 Å². The van der Waals surface area contributed by atoms with E-state index < -0.39 is 32.0 Å². The molecule has 0 aromatic heterocycles. The van der Waals surface area contributed by atoms with Crippen LogP contribution in [0.2, 0.25) is 0 Å². The number of carbonyl (C=O) groups excluding carboxylic acids is 1. The van der Waals surface area contributed by atoms with Crippen molar-refractivity contribution in [2.24, 2.45) is 0 Å². The lowest BCUT2D eigenvalue weighted by Crippen LogP contribution is -2.49. The molecule has 0 bridgehead atoms. The van der Waals surface area contributed by atoms with Crippen molar-refractivity contribution in [1.82, 2.24) is 8.61 Å². The first-order valence-corrected chi connectivity index (χ1v) is 13.1. The maximum Gasteiger partial charge on any atom is 0.243 e. The highest BCUT2D eigenvalue weighted by atomic mass is 32.2. The first kappa shape index (κ1) is 23.8. The third-order valence-electron chi connectivity index (χ3n) is 5.42. The van der Waals surface area contributed by atoms with Crippen LogP contribution in [0, 0.1) is 13.8 Å². The average Bonchev–Trinajstić information content (AvgIpc) is 2.65. The van der Waals surface area contributed by atoms with Gasteiger partial charge in [-0.15, -0.1) is 0 Å². The molecule has 29 heavy (non-hydrogen) atoms. The number of benzene rings is 1. The minimum atomic E-state index is -3.68. The van der Waals surface area contributed by atoms with Crippen LogP contribution in [0.3, 0.4) is 0 Å². The molecule has 0 spiro atoms. The molecule has 1 amide bonds. The van der Waals surface area contributed by atoms with Crippen LogP contribution in [-0.4, -0.2) is 63.3 Å². The van der Waals surface area contributed by atoms with Gasteiger partial charge < -0.3 is 5.32 Å². The molecule has 10 heteroatoms. The van der Waals surface area contributed by atoms with Crippen molar-refractivity contribution in [1.29, 1.82) is 0 Å². The summed E-state index contributed by atoms with van der Waals surface area (Å²) >= 11 is 0. The third-order valence-corrected chi connectivity index (χ3v) is 8.74. The average molecular weight is 446 g/mol. The second-order valence-electron chi connectivity index (χ2n) is 7.38. The Balaban J connectivity index is 2.40. The summed E-state index contributed by atoms with van der Waals surface area (Å²) < 4.78 is 52.5. The van der Waals surface area contributed by atoms with Gasteiger partial charge in [0.1, 0.15) is 6.04 Å². The number of anilines is 1. The van der Waals surface area contributed by atoms with Crippen molar-refractivity contribution in [2.75, 3.05) is 31.2 Å². The molecule has 0 saturated carbocycles. The zero-order valence-corrected chi connectivity index (χ0v) is 19.4. The van der Waals surface area contributed by atoms with Gasteiger partial charge in [-0.05, 0) is 49.9 Å². The molecule has 1 N–H and O–H groups in total. The molecule has 1 fully saturated rings. The van der Waals surface area contributed by atoms with Gasteiger partial charge in [0.25, 0.3) is 0 Å². The molecule has 164 valence electrons. The van der Waals surface area contributed by atoms with Crippen LogP contribution in [0.1, 0.15) is 44.2 Å². The summed E-state index contributed by atoms with van der Waals surface area (Å²) in [6.45, 7) is 8.13. The number of amides is 1. The molecule has 1 aromatic rings. The number of hydrogen-bond donors (Lipinski definition) is 1. The van der Waals surface area contributed by atoms with Gasteiger partial charge in [-0.3, -0.25) is 4.79 Å². The van der Waals surface area contributed by atoms with Crippen LogP contribution >= 0.6 is 0 Å². The molecule has 1 atom stereocenters. The molecule has 2 rings (SSSR count). The highest BCUT2D eigenvalue weighted by Crippen LogP contribution is 2.28. The van der Waals surface area contributed by atoms with E-state index in [0.29, 0.717) is 38.2 Å². The Morgan fingerprint density at radius 1 is 1.14 bits per heavy atom. The standard InChI is InChI=1S/C19H31N3O5S2/c1-6-21(7-2)29(26,27)16-12-14(3)15(4)17(13-16)20-19(23)18-10-8-9-11-22(18)28(5,24)25/h12-13,18H,6-11H2,1-5H3,(H,20,23). The molecule has 1 unspecified atom stereocenters. The number of hydrogen-bond acceptors (Lipinski definition) is 5. The predicted octanol–water partition coefficient (Wildman–Crippen LogP) is 2.09. The molecule has 0 radical (unpaired) electrons. The predicted molar refractivity (Wildman–Crippen MR) is 114 cm³/mol. The summed E-state index contributed by atoms with van der Waals surface area (Å²) in [6.07, 6.45) is 3.02. The highest BCUT2D eigenvalue weighted by molar-refractivity contribution is 7.89. The summed E-state index contributed by atoms with van der Waals surface area (Å²) in [6, 6.07) is 2.27. The van der Waals surface area contributed by atoms with E-state index in [1.807, 2.05) is 0 Å². The Kier molecular flexibility index (Phi) is 7.47. The Bertz CT molecular complexity index is 970. The first-order valence-electron chi connectivity index (χ1n) is 9.82. The normalized spacial score (nSPS) is 18.8. The second kappa shape index (κ2) is 9.11. The number of aryl methyl sites for hydroxylation is 1. The number of carbonyl (C=O) groups is 1. The van der Waals surface area contributed by atoms with Crippen molar-refractivity contribution in [3.63, 3.8) is 0 Å². The Morgan fingerprint density at radius 3 is 2.31 bits per heavy atom. The van der Waals surface area contributed by atoms with Gasteiger partial charge in [0.05, 0.1) is 11.2 Å². The summed E-state index contributed by atoms with van der Waals surface area (Å²) in [5.41, 5.74) is 1.87. The number of nitrogens with one attached hydrogen (secondary N) is 1. The summed E-state index contributed by atoms with van der Waals surface area (Å²) in [7, 11) is -7.19. The van der Waals surface area contributed by atoms with Gasteiger partial charge >= 0.3 is 0 Å². The topological polar surface area (TPSA) is 104 Å². The molecule has 1 aliphatic rings. The highest BCUT2D eigenvalue weighted by Gasteiger charge is 2.35. The minimum Gasteiger partial charge on any atom is -0.324 e. The van der Waals surface area contributed by atoms with Crippen molar-refractivity contribution >= 4 is 31.6 Å². The largest absolute Gasteiger partial charge is 0.324 e. The molecule has 1 aromatic carbocycles. The first-order chi connectivity index (χ1) is 13.4. The smallest absolute Gasteiger partial charge is 0.243 e.